The fraction of sp³-hybridized carbons (Fsp3) is 0.143. The lowest BCUT2D eigenvalue weighted by atomic mass is 10.1. The van der Waals surface area contributed by atoms with Gasteiger partial charge in [-0.25, -0.2) is 4.39 Å². The zero-order valence-corrected chi connectivity index (χ0v) is 10.7. The van der Waals surface area contributed by atoms with E-state index in [9.17, 15) is 9.18 Å². The second kappa shape index (κ2) is 5.06. The van der Waals surface area contributed by atoms with Crippen molar-refractivity contribution < 1.29 is 9.18 Å². The molecule has 3 N–H and O–H groups in total. The molecule has 0 spiro atoms. The SMILES string of the molecule is Cc1cc(NC(=O)c2cc(N)cc(C)c2F)ccn1. The molecule has 0 radical (unpaired) electrons. The minimum Gasteiger partial charge on any atom is -0.399 e. The van der Waals surface area contributed by atoms with E-state index in [1.54, 1.807) is 32.2 Å². The first-order valence-electron chi connectivity index (χ1n) is 5.77. The first kappa shape index (κ1) is 13.0. The van der Waals surface area contributed by atoms with Crippen LogP contribution in [0.4, 0.5) is 15.8 Å². The second-order valence-corrected chi connectivity index (χ2v) is 4.34. The molecule has 1 aromatic heterocycles. The largest absolute Gasteiger partial charge is 0.399 e. The summed E-state index contributed by atoms with van der Waals surface area (Å²) in [6.07, 6.45) is 1.58. The molecule has 0 unspecified atom stereocenters. The van der Waals surface area contributed by atoms with Crippen molar-refractivity contribution in [3.8, 4) is 0 Å². The van der Waals surface area contributed by atoms with Gasteiger partial charge in [0, 0.05) is 23.3 Å². The topological polar surface area (TPSA) is 68.0 Å². The summed E-state index contributed by atoms with van der Waals surface area (Å²) in [7, 11) is 0. The molecule has 0 saturated heterocycles. The Labute approximate surface area is 110 Å². The molecule has 1 amide bonds. The van der Waals surface area contributed by atoms with Gasteiger partial charge in [0.1, 0.15) is 5.82 Å². The third-order valence-corrected chi connectivity index (χ3v) is 2.68. The average Bonchev–Trinajstić information content (AvgIpc) is 2.33. The van der Waals surface area contributed by atoms with E-state index >= 15 is 0 Å². The van der Waals surface area contributed by atoms with Crippen LogP contribution in [0, 0.1) is 19.7 Å². The van der Waals surface area contributed by atoms with Gasteiger partial charge in [-0.1, -0.05) is 0 Å². The van der Waals surface area contributed by atoms with Gasteiger partial charge in [-0.3, -0.25) is 9.78 Å². The van der Waals surface area contributed by atoms with Crippen LogP contribution in [0.25, 0.3) is 0 Å². The molecule has 98 valence electrons. The molecule has 5 heteroatoms. The molecule has 19 heavy (non-hydrogen) atoms. The number of halogens is 1. The first-order chi connectivity index (χ1) is 8.97. The van der Waals surface area contributed by atoms with Crippen LogP contribution in [0.1, 0.15) is 21.6 Å². The number of nitrogen functional groups attached to an aromatic ring is 1. The highest BCUT2D eigenvalue weighted by Gasteiger charge is 2.14. The van der Waals surface area contributed by atoms with Crippen molar-refractivity contribution in [1.82, 2.24) is 4.98 Å². The molecule has 2 aromatic rings. The summed E-state index contributed by atoms with van der Waals surface area (Å²) in [5.74, 6) is -1.09. The Hall–Kier alpha value is -2.43. The number of anilines is 2. The number of nitrogens with two attached hydrogens (primary N) is 1. The normalized spacial score (nSPS) is 10.3. The summed E-state index contributed by atoms with van der Waals surface area (Å²) in [5, 5.41) is 2.62. The van der Waals surface area contributed by atoms with Crippen LogP contribution in [-0.2, 0) is 0 Å². The van der Waals surface area contributed by atoms with Crippen LogP contribution in [0.2, 0.25) is 0 Å². The van der Waals surface area contributed by atoms with E-state index in [2.05, 4.69) is 10.3 Å². The Morgan fingerprint density at radius 2 is 2.05 bits per heavy atom. The molecule has 0 bridgehead atoms. The molecule has 0 aliphatic carbocycles. The van der Waals surface area contributed by atoms with Crippen molar-refractivity contribution in [2.45, 2.75) is 13.8 Å². The number of rotatable bonds is 2. The van der Waals surface area contributed by atoms with E-state index in [-0.39, 0.29) is 5.56 Å². The lowest BCUT2D eigenvalue weighted by Gasteiger charge is -2.09. The molecule has 1 aromatic carbocycles. The highest BCUT2D eigenvalue weighted by molar-refractivity contribution is 6.05. The average molecular weight is 259 g/mol. The Balaban J connectivity index is 2.30. The molecule has 1 heterocycles. The Morgan fingerprint density at radius 1 is 1.32 bits per heavy atom. The number of aromatic nitrogens is 1. The van der Waals surface area contributed by atoms with Gasteiger partial charge in [-0.05, 0) is 43.7 Å². The van der Waals surface area contributed by atoms with Crippen LogP contribution in [0.15, 0.2) is 30.5 Å². The van der Waals surface area contributed by atoms with Gasteiger partial charge in [0.25, 0.3) is 5.91 Å². The van der Waals surface area contributed by atoms with Crippen LogP contribution in [-0.4, -0.2) is 10.9 Å². The van der Waals surface area contributed by atoms with Crippen molar-refractivity contribution in [1.29, 1.82) is 0 Å². The fourth-order valence-corrected chi connectivity index (χ4v) is 1.78. The standard InChI is InChI=1S/C14H14FN3O/c1-8-5-10(16)7-12(13(8)15)14(19)18-11-3-4-17-9(2)6-11/h3-7H,16H2,1-2H3,(H,17,18,19). The number of amides is 1. The molecule has 0 aliphatic rings. The van der Waals surface area contributed by atoms with Crippen LogP contribution in [0.3, 0.4) is 0 Å². The van der Waals surface area contributed by atoms with Gasteiger partial charge in [0.15, 0.2) is 0 Å². The molecule has 0 fully saturated rings. The molecular weight excluding hydrogens is 245 g/mol. The van der Waals surface area contributed by atoms with Gasteiger partial charge in [-0.15, -0.1) is 0 Å². The van der Waals surface area contributed by atoms with Gasteiger partial charge < -0.3 is 11.1 Å². The minimum atomic E-state index is -0.558. The Morgan fingerprint density at radius 3 is 2.74 bits per heavy atom. The van der Waals surface area contributed by atoms with E-state index in [0.29, 0.717) is 16.9 Å². The summed E-state index contributed by atoms with van der Waals surface area (Å²) in [4.78, 5) is 16.0. The zero-order chi connectivity index (χ0) is 14.0. The van der Waals surface area contributed by atoms with Crippen molar-refractivity contribution in [3.63, 3.8) is 0 Å². The van der Waals surface area contributed by atoms with Gasteiger partial charge in [0.2, 0.25) is 0 Å². The monoisotopic (exact) mass is 259 g/mol. The number of carbonyl (C=O) groups excluding carboxylic acids is 1. The van der Waals surface area contributed by atoms with E-state index in [1.165, 1.54) is 12.1 Å². The number of pyridine rings is 1. The van der Waals surface area contributed by atoms with Gasteiger partial charge in [0.05, 0.1) is 5.56 Å². The van der Waals surface area contributed by atoms with Crippen LogP contribution in [0.5, 0.6) is 0 Å². The summed E-state index contributed by atoms with van der Waals surface area (Å²) in [5.41, 5.74) is 7.60. The van der Waals surface area contributed by atoms with E-state index < -0.39 is 11.7 Å². The third-order valence-electron chi connectivity index (χ3n) is 2.68. The highest BCUT2D eigenvalue weighted by atomic mass is 19.1. The Bertz CT molecular complexity index is 641. The molecular formula is C14H14FN3O. The summed E-state index contributed by atoms with van der Waals surface area (Å²) >= 11 is 0. The zero-order valence-electron chi connectivity index (χ0n) is 10.7. The number of hydrogen-bond donors (Lipinski definition) is 2. The van der Waals surface area contributed by atoms with E-state index in [4.69, 9.17) is 5.73 Å². The number of nitrogens with zero attached hydrogens (tertiary/aromatic N) is 1. The van der Waals surface area contributed by atoms with Gasteiger partial charge in [-0.2, -0.15) is 0 Å². The van der Waals surface area contributed by atoms with Crippen molar-refractivity contribution in [3.05, 3.63) is 53.1 Å². The van der Waals surface area contributed by atoms with Crippen LogP contribution < -0.4 is 11.1 Å². The van der Waals surface area contributed by atoms with Gasteiger partial charge >= 0.3 is 0 Å². The number of aryl methyl sites for hydroxylation is 2. The van der Waals surface area contributed by atoms with Crippen molar-refractivity contribution in [2.24, 2.45) is 0 Å². The maximum atomic E-state index is 13.9. The fourth-order valence-electron chi connectivity index (χ4n) is 1.78. The maximum Gasteiger partial charge on any atom is 0.258 e. The second-order valence-electron chi connectivity index (χ2n) is 4.34. The van der Waals surface area contributed by atoms with E-state index in [0.717, 1.165) is 5.69 Å². The molecule has 0 saturated carbocycles. The van der Waals surface area contributed by atoms with Crippen LogP contribution >= 0.6 is 0 Å². The first-order valence-corrected chi connectivity index (χ1v) is 5.77. The lowest BCUT2D eigenvalue weighted by Crippen LogP contribution is -2.15. The number of nitrogens with one attached hydrogen (secondary N) is 1. The predicted octanol–water partition coefficient (Wildman–Crippen LogP) is 2.67. The number of carbonyl (C=O) groups is 1. The van der Waals surface area contributed by atoms with Crippen molar-refractivity contribution in [2.75, 3.05) is 11.1 Å². The minimum absolute atomic E-state index is 0.0630. The van der Waals surface area contributed by atoms with E-state index in [1.807, 2.05) is 0 Å². The third kappa shape index (κ3) is 2.88. The van der Waals surface area contributed by atoms with Crippen molar-refractivity contribution >= 4 is 17.3 Å². The summed E-state index contributed by atoms with van der Waals surface area (Å²) < 4.78 is 13.9. The smallest absolute Gasteiger partial charge is 0.258 e. The number of benzene rings is 1. The molecule has 0 atom stereocenters. The maximum absolute atomic E-state index is 13.9. The lowest BCUT2D eigenvalue weighted by molar-refractivity contribution is 0.102. The Kier molecular flexibility index (Phi) is 3.46. The highest BCUT2D eigenvalue weighted by Crippen LogP contribution is 2.18. The summed E-state index contributed by atoms with van der Waals surface area (Å²) in [6, 6.07) is 6.16. The molecule has 2 rings (SSSR count). The molecule has 0 aliphatic heterocycles. The number of hydrogen-bond acceptors (Lipinski definition) is 3. The summed E-state index contributed by atoms with van der Waals surface area (Å²) in [6.45, 7) is 3.37. The molecule has 4 nitrogen and oxygen atoms in total. The predicted molar refractivity (Wildman–Crippen MR) is 72.5 cm³/mol. The quantitative estimate of drug-likeness (QED) is 0.815.